The summed E-state index contributed by atoms with van der Waals surface area (Å²) in [6.07, 6.45) is 1.11. The number of ether oxygens (including phenoxy) is 1. The predicted octanol–water partition coefficient (Wildman–Crippen LogP) is 1.62. The molecule has 0 heterocycles. The van der Waals surface area contributed by atoms with Crippen LogP contribution < -0.4 is 26.4 Å². The second kappa shape index (κ2) is 7.39. The fourth-order valence-electron chi connectivity index (χ4n) is 1.57. The molecule has 0 radical (unpaired) electrons. The average molecular weight is 286 g/mol. The fourth-order valence-corrected chi connectivity index (χ4v) is 1.57. The number of hydrogen-bond acceptors (Lipinski definition) is 5. The Balaban J connectivity index is 1.94. The molecule has 0 bridgehead atoms. The minimum atomic E-state index is 0.555. The number of amides is 2. The summed E-state index contributed by atoms with van der Waals surface area (Å²) in [7, 11) is 0. The first-order valence-corrected chi connectivity index (χ1v) is 6.10. The SMILES string of the molecule is O=CNNc1ccc(Oc2ccc(NNC=O)cc2)cc1. The van der Waals surface area contributed by atoms with Gasteiger partial charge in [-0.1, -0.05) is 0 Å². The maximum Gasteiger partial charge on any atom is 0.225 e. The highest BCUT2D eigenvalue weighted by Gasteiger charge is 1.98. The van der Waals surface area contributed by atoms with Gasteiger partial charge < -0.3 is 4.74 Å². The molecule has 0 aliphatic rings. The summed E-state index contributed by atoms with van der Waals surface area (Å²) in [6.45, 7) is 0. The summed E-state index contributed by atoms with van der Waals surface area (Å²) >= 11 is 0. The third-order valence-corrected chi connectivity index (χ3v) is 2.50. The lowest BCUT2D eigenvalue weighted by atomic mass is 10.3. The molecule has 7 nitrogen and oxygen atoms in total. The van der Waals surface area contributed by atoms with Crippen LogP contribution in [-0.2, 0) is 9.59 Å². The van der Waals surface area contributed by atoms with Crippen LogP contribution in [0.4, 0.5) is 11.4 Å². The van der Waals surface area contributed by atoms with Crippen LogP contribution in [0, 0.1) is 0 Å². The lowest BCUT2D eigenvalue weighted by Gasteiger charge is -2.09. The number of nitrogens with one attached hydrogen (secondary N) is 4. The van der Waals surface area contributed by atoms with Gasteiger partial charge in [0.25, 0.3) is 0 Å². The lowest BCUT2D eigenvalue weighted by Crippen LogP contribution is -2.18. The quantitative estimate of drug-likeness (QED) is 0.437. The van der Waals surface area contributed by atoms with E-state index >= 15 is 0 Å². The first-order valence-electron chi connectivity index (χ1n) is 6.10. The highest BCUT2D eigenvalue weighted by Crippen LogP contribution is 2.24. The molecule has 2 aromatic rings. The Kier molecular flexibility index (Phi) is 4.99. The molecule has 0 atom stereocenters. The predicted molar refractivity (Wildman–Crippen MR) is 78.6 cm³/mol. The van der Waals surface area contributed by atoms with E-state index < -0.39 is 0 Å². The Bertz CT molecular complexity index is 531. The summed E-state index contributed by atoms with van der Waals surface area (Å²) < 4.78 is 5.66. The smallest absolute Gasteiger partial charge is 0.225 e. The number of carbonyl (C=O) groups excluding carboxylic acids is 2. The largest absolute Gasteiger partial charge is 0.457 e. The molecule has 108 valence electrons. The van der Waals surface area contributed by atoms with Crippen LogP contribution in [-0.4, -0.2) is 12.8 Å². The number of hydrazine groups is 2. The van der Waals surface area contributed by atoms with Gasteiger partial charge in [-0.05, 0) is 48.5 Å². The molecule has 2 amide bonds. The van der Waals surface area contributed by atoms with Crippen molar-refractivity contribution in [3.63, 3.8) is 0 Å². The van der Waals surface area contributed by atoms with Crippen molar-refractivity contribution in [2.45, 2.75) is 0 Å². The zero-order valence-corrected chi connectivity index (χ0v) is 11.0. The van der Waals surface area contributed by atoms with Crippen molar-refractivity contribution in [1.29, 1.82) is 0 Å². The normalized spacial score (nSPS) is 9.33. The van der Waals surface area contributed by atoms with Crippen LogP contribution in [0.5, 0.6) is 11.5 Å². The minimum Gasteiger partial charge on any atom is -0.457 e. The van der Waals surface area contributed by atoms with Gasteiger partial charge in [0, 0.05) is 0 Å². The Labute approximate surface area is 121 Å². The highest BCUT2D eigenvalue weighted by molar-refractivity contribution is 5.55. The van der Waals surface area contributed by atoms with E-state index in [9.17, 15) is 9.59 Å². The van der Waals surface area contributed by atoms with Crippen LogP contribution in [0.25, 0.3) is 0 Å². The molecular weight excluding hydrogens is 272 g/mol. The molecule has 2 aromatic carbocycles. The summed E-state index contributed by atoms with van der Waals surface area (Å²) in [4.78, 5) is 20.3. The third-order valence-electron chi connectivity index (χ3n) is 2.50. The molecule has 0 aliphatic carbocycles. The second-order valence-electron chi connectivity index (χ2n) is 3.93. The summed E-state index contributed by atoms with van der Waals surface area (Å²) in [5.41, 5.74) is 11.6. The van der Waals surface area contributed by atoms with Gasteiger partial charge in [-0.3, -0.25) is 31.3 Å². The molecule has 0 saturated heterocycles. The van der Waals surface area contributed by atoms with Crippen molar-refractivity contribution in [1.82, 2.24) is 10.9 Å². The Morgan fingerprint density at radius 2 is 1.05 bits per heavy atom. The molecule has 0 spiro atoms. The minimum absolute atomic E-state index is 0.555. The van der Waals surface area contributed by atoms with E-state index in [0.717, 1.165) is 11.4 Å². The molecule has 0 fully saturated rings. The lowest BCUT2D eigenvalue weighted by molar-refractivity contribution is -0.109. The molecule has 2 rings (SSSR count). The van der Waals surface area contributed by atoms with Crippen molar-refractivity contribution in [3.05, 3.63) is 48.5 Å². The molecule has 7 heteroatoms. The van der Waals surface area contributed by atoms with E-state index in [1.807, 2.05) is 0 Å². The number of benzene rings is 2. The number of anilines is 2. The van der Waals surface area contributed by atoms with Gasteiger partial charge in [0.2, 0.25) is 12.8 Å². The summed E-state index contributed by atoms with van der Waals surface area (Å²) in [5.74, 6) is 1.33. The topological polar surface area (TPSA) is 91.5 Å². The summed E-state index contributed by atoms with van der Waals surface area (Å²) in [6, 6.07) is 14.2. The number of carbonyl (C=O) groups is 2. The maximum absolute atomic E-state index is 10.2. The van der Waals surface area contributed by atoms with Crippen molar-refractivity contribution in [3.8, 4) is 11.5 Å². The van der Waals surface area contributed by atoms with Crippen molar-refractivity contribution >= 4 is 24.2 Å². The number of hydrogen-bond donors (Lipinski definition) is 4. The van der Waals surface area contributed by atoms with Crippen LogP contribution >= 0.6 is 0 Å². The molecule has 0 saturated carbocycles. The zero-order chi connectivity index (χ0) is 14.9. The van der Waals surface area contributed by atoms with E-state index in [2.05, 4.69) is 21.7 Å². The standard InChI is InChI=1S/C14H14N4O3/c19-9-15-17-11-1-5-13(6-2-11)21-14-7-3-12(4-8-14)18-16-10-20/h1-10,17-18H,(H,15,19)(H,16,20). The third kappa shape index (κ3) is 4.43. The van der Waals surface area contributed by atoms with E-state index in [1.54, 1.807) is 48.5 Å². The van der Waals surface area contributed by atoms with Crippen LogP contribution in [0.1, 0.15) is 0 Å². The highest BCUT2D eigenvalue weighted by atomic mass is 16.5. The van der Waals surface area contributed by atoms with Crippen LogP contribution in [0.2, 0.25) is 0 Å². The molecular formula is C14H14N4O3. The van der Waals surface area contributed by atoms with E-state index in [0.29, 0.717) is 24.3 Å². The van der Waals surface area contributed by atoms with E-state index in [1.165, 1.54) is 0 Å². The van der Waals surface area contributed by atoms with E-state index in [4.69, 9.17) is 4.74 Å². The van der Waals surface area contributed by atoms with Gasteiger partial charge in [0.15, 0.2) is 0 Å². The maximum atomic E-state index is 10.2. The van der Waals surface area contributed by atoms with Gasteiger partial charge in [0.05, 0.1) is 11.4 Å². The average Bonchev–Trinajstić information content (AvgIpc) is 2.53. The zero-order valence-electron chi connectivity index (χ0n) is 11.0. The summed E-state index contributed by atoms with van der Waals surface area (Å²) in [5, 5.41) is 0. The Morgan fingerprint density at radius 1 is 0.667 bits per heavy atom. The van der Waals surface area contributed by atoms with Gasteiger partial charge in [-0.2, -0.15) is 0 Å². The first kappa shape index (κ1) is 14.2. The monoisotopic (exact) mass is 286 g/mol. The molecule has 0 aromatic heterocycles. The van der Waals surface area contributed by atoms with Gasteiger partial charge in [-0.15, -0.1) is 0 Å². The van der Waals surface area contributed by atoms with Crippen LogP contribution in [0.3, 0.4) is 0 Å². The molecule has 21 heavy (non-hydrogen) atoms. The first-order chi connectivity index (χ1) is 10.3. The van der Waals surface area contributed by atoms with Crippen LogP contribution in [0.15, 0.2) is 48.5 Å². The fraction of sp³-hybridized carbons (Fsp3) is 0. The van der Waals surface area contributed by atoms with Gasteiger partial charge in [0.1, 0.15) is 11.5 Å². The second-order valence-corrected chi connectivity index (χ2v) is 3.93. The molecule has 0 unspecified atom stereocenters. The van der Waals surface area contributed by atoms with Crippen molar-refractivity contribution in [2.75, 3.05) is 10.9 Å². The van der Waals surface area contributed by atoms with Gasteiger partial charge in [-0.25, -0.2) is 0 Å². The van der Waals surface area contributed by atoms with E-state index in [-0.39, 0.29) is 0 Å². The number of rotatable bonds is 8. The molecule has 4 N–H and O–H groups in total. The Morgan fingerprint density at radius 3 is 1.38 bits per heavy atom. The molecule has 0 aliphatic heterocycles. The van der Waals surface area contributed by atoms with Crippen molar-refractivity contribution < 1.29 is 14.3 Å². The Hall–Kier alpha value is -3.22. The van der Waals surface area contributed by atoms with Crippen molar-refractivity contribution in [2.24, 2.45) is 0 Å². The van der Waals surface area contributed by atoms with Gasteiger partial charge >= 0.3 is 0 Å².